The number of aryl methyl sites for hydroxylation is 1. The van der Waals surface area contributed by atoms with E-state index in [9.17, 15) is 0 Å². The van der Waals surface area contributed by atoms with Crippen LogP contribution in [0.15, 0.2) is 35.7 Å². The molecule has 0 amide bonds. The summed E-state index contributed by atoms with van der Waals surface area (Å²) in [4.78, 5) is 1.84. The van der Waals surface area contributed by atoms with E-state index in [-0.39, 0.29) is 0 Å². The molecule has 18 heavy (non-hydrogen) atoms. The number of thiophene rings is 1. The molecule has 2 nitrogen and oxygen atoms in total. The Morgan fingerprint density at radius 1 is 1.28 bits per heavy atom. The van der Waals surface area contributed by atoms with Gasteiger partial charge in [-0.2, -0.15) is 0 Å². The van der Waals surface area contributed by atoms with Crippen molar-refractivity contribution >= 4 is 34.2 Å². The summed E-state index contributed by atoms with van der Waals surface area (Å²) in [6.07, 6.45) is 1.08. The Labute approximate surface area is 117 Å². The molecule has 94 valence electrons. The van der Waals surface area contributed by atoms with Crippen molar-refractivity contribution in [3.8, 4) is 0 Å². The lowest BCUT2D eigenvalue weighted by Gasteiger charge is -2.07. The zero-order chi connectivity index (χ0) is 13.0. The molecule has 2 aromatic rings. The molecule has 0 spiro atoms. The molecule has 0 bridgehead atoms. The Morgan fingerprint density at radius 3 is 2.61 bits per heavy atom. The highest BCUT2D eigenvalue weighted by atomic mass is 32.1. The first-order valence-electron chi connectivity index (χ1n) is 5.89. The van der Waals surface area contributed by atoms with Crippen molar-refractivity contribution in [2.24, 2.45) is 5.73 Å². The zero-order valence-corrected chi connectivity index (χ0v) is 11.9. The second-order valence-corrected chi connectivity index (χ2v) is 5.46. The van der Waals surface area contributed by atoms with Crippen LogP contribution >= 0.6 is 23.6 Å². The van der Waals surface area contributed by atoms with Gasteiger partial charge in [0.15, 0.2) is 0 Å². The van der Waals surface area contributed by atoms with Gasteiger partial charge in [-0.05, 0) is 47.7 Å². The molecule has 0 unspecified atom stereocenters. The van der Waals surface area contributed by atoms with Crippen LogP contribution in [0.1, 0.15) is 22.9 Å². The van der Waals surface area contributed by atoms with Crippen molar-refractivity contribution < 1.29 is 0 Å². The summed E-state index contributed by atoms with van der Waals surface area (Å²) in [5.74, 6) is 0. The minimum Gasteiger partial charge on any atom is -0.389 e. The van der Waals surface area contributed by atoms with E-state index in [1.165, 1.54) is 10.4 Å². The maximum atomic E-state index is 5.57. The summed E-state index contributed by atoms with van der Waals surface area (Å²) in [6, 6.07) is 10.1. The van der Waals surface area contributed by atoms with E-state index in [0.717, 1.165) is 24.2 Å². The average molecular weight is 276 g/mol. The van der Waals surface area contributed by atoms with E-state index < -0.39 is 0 Å². The lowest BCUT2D eigenvalue weighted by Crippen LogP contribution is -2.09. The zero-order valence-electron chi connectivity index (χ0n) is 10.3. The largest absolute Gasteiger partial charge is 0.389 e. The summed E-state index contributed by atoms with van der Waals surface area (Å²) in [5, 5.41) is 5.56. The Kier molecular flexibility index (Phi) is 4.33. The van der Waals surface area contributed by atoms with Crippen LogP contribution in [-0.4, -0.2) is 4.99 Å². The van der Waals surface area contributed by atoms with Crippen LogP contribution in [0.3, 0.4) is 0 Å². The third-order valence-electron chi connectivity index (χ3n) is 2.84. The number of thiocarbonyl (C=S) groups is 1. The number of rotatable bonds is 5. The highest BCUT2D eigenvalue weighted by Crippen LogP contribution is 2.19. The molecular weight excluding hydrogens is 260 g/mol. The van der Waals surface area contributed by atoms with Crippen molar-refractivity contribution in [1.29, 1.82) is 0 Å². The van der Waals surface area contributed by atoms with E-state index >= 15 is 0 Å². The Balaban J connectivity index is 2.00. The van der Waals surface area contributed by atoms with E-state index in [4.69, 9.17) is 18.0 Å². The van der Waals surface area contributed by atoms with Crippen LogP contribution in [0.2, 0.25) is 0 Å². The lowest BCUT2D eigenvalue weighted by atomic mass is 10.2. The van der Waals surface area contributed by atoms with Crippen LogP contribution in [0.4, 0.5) is 5.69 Å². The molecule has 0 aliphatic rings. The van der Waals surface area contributed by atoms with Crippen LogP contribution in [0, 0.1) is 0 Å². The predicted molar refractivity (Wildman–Crippen MR) is 83.4 cm³/mol. The molecule has 1 aromatic heterocycles. The average Bonchev–Trinajstić information content (AvgIpc) is 2.84. The molecule has 2 rings (SSSR count). The summed E-state index contributed by atoms with van der Waals surface area (Å²) < 4.78 is 0. The van der Waals surface area contributed by atoms with Crippen molar-refractivity contribution in [2.45, 2.75) is 19.9 Å². The fourth-order valence-corrected chi connectivity index (χ4v) is 2.82. The van der Waals surface area contributed by atoms with Crippen molar-refractivity contribution in [1.82, 2.24) is 0 Å². The monoisotopic (exact) mass is 276 g/mol. The molecule has 0 atom stereocenters. The number of benzene rings is 1. The molecule has 4 heteroatoms. The number of nitrogens with one attached hydrogen (secondary N) is 1. The highest BCUT2D eigenvalue weighted by molar-refractivity contribution is 7.80. The smallest absolute Gasteiger partial charge is 0.103 e. The van der Waals surface area contributed by atoms with Gasteiger partial charge >= 0.3 is 0 Å². The maximum Gasteiger partial charge on any atom is 0.103 e. The van der Waals surface area contributed by atoms with Gasteiger partial charge < -0.3 is 11.1 Å². The van der Waals surface area contributed by atoms with Crippen molar-refractivity contribution in [2.75, 3.05) is 5.32 Å². The first kappa shape index (κ1) is 13.1. The first-order chi connectivity index (χ1) is 8.70. The minimum absolute atomic E-state index is 0.438. The molecule has 0 radical (unpaired) electrons. The quantitative estimate of drug-likeness (QED) is 0.820. The number of hydrogen-bond acceptors (Lipinski definition) is 3. The Bertz CT molecular complexity index is 529. The Morgan fingerprint density at radius 2 is 2.00 bits per heavy atom. The number of anilines is 1. The third-order valence-corrected chi connectivity index (χ3v) is 4.04. The molecule has 3 N–H and O–H groups in total. The van der Waals surface area contributed by atoms with Gasteiger partial charge in [-0.15, -0.1) is 11.3 Å². The number of hydrogen-bond donors (Lipinski definition) is 2. The van der Waals surface area contributed by atoms with E-state index in [0.29, 0.717) is 4.99 Å². The molecule has 0 aliphatic heterocycles. The standard InChI is InChI=1S/C14H16N2S2/c1-2-10-7-8-18-13(10)9-16-12-5-3-11(4-6-12)14(15)17/h3-8,16H,2,9H2,1H3,(H2,15,17). The SMILES string of the molecule is CCc1ccsc1CNc1ccc(C(N)=S)cc1. The lowest BCUT2D eigenvalue weighted by molar-refractivity contribution is 1.08. The summed E-state index contributed by atoms with van der Waals surface area (Å²) in [7, 11) is 0. The normalized spacial score (nSPS) is 10.3. The second kappa shape index (κ2) is 5.98. The van der Waals surface area contributed by atoms with Gasteiger partial charge in [-0.25, -0.2) is 0 Å². The molecule has 0 fully saturated rings. The van der Waals surface area contributed by atoms with Crippen LogP contribution in [0.5, 0.6) is 0 Å². The van der Waals surface area contributed by atoms with Gasteiger partial charge in [-0.3, -0.25) is 0 Å². The van der Waals surface area contributed by atoms with Crippen molar-refractivity contribution in [3.63, 3.8) is 0 Å². The molecule has 0 saturated heterocycles. The van der Waals surface area contributed by atoms with Gasteiger partial charge in [0, 0.05) is 22.7 Å². The van der Waals surface area contributed by atoms with E-state index in [1.807, 2.05) is 24.3 Å². The topological polar surface area (TPSA) is 38.0 Å². The summed E-state index contributed by atoms with van der Waals surface area (Å²) in [6.45, 7) is 3.05. The van der Waals surface area contributed by atoms with Crippen LogP contribution in [0.25, 0.3) is 0 Å². The van der Waals surface area contributed by atoms with Gasteiger partial charge in [0.25, 0.3) is 0 Å². The molecule has 0 aliphatic carbocycles. The maximum absolute atomic E-state index is 5.57. The van der Waals surface area contributed by atoms with Gasteiger partial charge in [0.1, 0.15) is 4.99 Å². The van der Waals surface area contributed by atoms with Gasteiger partial charge in [-0.1, -0.05) is 19.1 Å². The predicted octanol–water partition coefficient (Wildman–Crippen LogP) is 3.56. The third kappa shape index (κ3) is 3.09. The fraction of sp³-hybridized carbons (Fsp3) is 0.214. The fourth-order valence-electron chi connectivity index (χ4n) is 1.77. The second-order valence-electron chi connectivity index (χ2n) is 4.02. The van der Waals surface area contributed by atoms with Crippen LogP contribution < -0.4 is 11.1 Å². The minimum atomic E-state index is 0.438. The van der Waals surface area contributed by atoms with Gasteiger partial charge in [0.2, 0.25) is 0 Å². The first-order valence-corrected chi connectivity index (χ1v) is 7.18. The molecule has 1 heterocycles. The molecular formula is C14H16N2S2. The van der Waals surface area contributed by atoms with E-state index in [1.54, 1.807) is 11.3 Å². The van der Waals surface area contributed by atoms with Crippen LogP contribution in [-0.2, 0) is 13.0 Å². The summed E-state index contributed by atoms with van der Waals surface area (Å²) >= 11 is 6.72. The van der Waals surface area contributed by atoms with E-state index in [2.05, 4.69) is 23.7 Å². The van der Waals surface area contributed by atoms with Gasteiger partial charge in [0.05, 0.1) is 0 Å². The number of nitrogens with two attached hydrogens (primary N) is 1. The molecule has 1 aromatic carbocycles. The summed E-state index contributed by atoms with van der Waals surface area (Å²) in [5.41, 5.74) is 8.98. The molecule has 0 saturated carbocycles. The highest BCUT2D eigenvalue weighted by Gasteiger charge is 2.02. The van der Waals surface area contributed by atoms with Crippen molar-refractivity contribution in [3.05, 3.63) is 51.7 Å². The Hall–Kier alpha value is -1.39.